The second kappa shape index (κ2) is 6.89. The number of halogens is 1. The van der Waals surface area contributed by atoms with Crippen molar-refractivity contribution in [2.45, 2.75) is 12.8 Å². The fraction of sp³-hybridized carbons (Fsp3) is 0.500. The highest BCUT2D eigenvalue weighted by molar-refractivity contribution is 9.10. The summed E-state index contributed by atoms with van der Waals surface area (Å²) in [5, 5.41) is 2.93. The van der Waals surface area contributed by atoms with Crippen LogP contribution < -0.4 is 5.32 Å². The molecule has 7 heteroatoms. The van der Waals surface area contributed by atoms with E-state index >= 15 is 0 Å². The molecule has 1 aromatic rings. The highest BCUT2D eigenvalue weighted by atomic mass is 79.9. The minimum atomic E-state index is -3.09. The molecule has 1 aliphatic heterocycles. The van der Waals surface area contributed by atoms with E-state index in [4.69, 9.17) is 0 Å². The van der Waals surface area contributed by atoms with Crippen molar-refractivity contribution in [2.75, 3.05) is 25.9 Å². The molecule has 0 spiro atoms. The second-order valence-electron chi connectivity index (χ2n) is 5.30. The van der Waals surface area contributed by atoms with Crippen molar-refractivity contribution in [3.05, 3.63) is 34.3 Å². The Bertz CT molecular complexity index is 610. The molecule has 0 unspecified atom stereocenters. The fourth-order valence-electron chi connectivity index (χ4n) is 2.42. The summed E-state index contributed by atoms with van der Waals surface area (Å²) in [5.41, 5.74) is 0.617. The van der Waals surface area contributed by atoms with Crippen molar-refractivity contribution in [3.8, 4) is 0 Å². The van der Waals surface area contributed by atoms with Crippen LogP contribution in [-0.4, -0.2) is 44.5 Å². The SMILES string of the molecule is CS(=O)(=O)N1CCC(CNC(=O)c2ccccc2Br)CC1. The van der Waals surface area contributed by atoms with Crippen LogP contribution in [0.25, 0.3) is 0 Å². The molecule has 1 heterocycles. The van der Waals surface area contributed by atoms with Gasteiger partial charge in [-0.2, -0.15) is 0 Å². The monoisotopic (exact) mass is 374 g/mol. The zero-order chi connectivity index (χ0) is 15.5. The van der Waals surface area contributed by atoms with Crippen molar-refractivity contribution >= 4 is 31.9 Å². The molecule has 1 fully saturated rings. The molecule has 0 aromatic heterocycles. The molecule has 1 aliphatic rings. The first-order valence-corrected chi connectivity index (χ1v) is 9.50. The first-order chi connectivity index (χ1) is 9.88. The van der Waals surface area contributed by atoms with E-state index < -0.39 is 10.0 Å². The molecule has 1 amide bonds. The van der Waals surface area contributed by atoms with Crippen LogP contribution in [0.4, 0.5) is 0 Å². The molecular weight excluding hydrogens is 356 g/mol. The lowest BCUT2D eigenvalue weighted by molar-refractivity contribution is 0.0940. The average molecular weight is 375 g/mol. The lowest BCUT2D eigenvalue weighted by atomic mass is 9.98. The summed E-state index contributed by atoms with van der Waals surface area (Å²) < 4.78 is 25.1. The molecule has 21 heavy (non-hydrogen) atoms. The number of carbonyl (C=O) groups is 1. The van der Waals surface area contributed by atoms with Crippen molar-refractivity contribution in [3.63, 3.8) is 0 Å². The van der Waals surface area contributed by atoms with Gasteiger partial charge in [0.1, 0.15) is 0 Å². The normalized spacial score (nSPS) is 17.6. The molecule has 0 atom stereocenters. The largest absolute Gasteiger partial charge is 0.352 e. The third-order valence-electron chi connectivity index (χ3n) is 3.71. The summed E-state index contributed by atoms with van der Waals surface area (Å²) in [5.74, 6) is 0.224. The number of hydrogen-bond acceptors (Lipinski definition) is 3. The Balaban J connectivity index is 1.83. The Morgan fingerprint density at radius 1 is 1.33 bits per heavy atom. The highest BCUT2D eigenvalue weighted by Gasteiger charge is 2.25. The zero-order valence-electron chi connectivity index (χ0n) is 11.9. The summed E-state index contributed by atoms with van der Waals surface area (Å²) in [6.45, 7) is 1.65. The summed E-state index contributed by atoms with van der Waals surface area (Å²) >= 11 is 3.36. The third-order valence-corrected chi connectivity index (χ3v) is 5.71. The van der Waals surface area contributed by atoms with E-state index in [2.05, 4.69) is 21.2 Å². The van der Waals surface area contributed by atoms with Gasteiger partial charge >= 0.3 is 0 Å². The summed E-state index contributed by atoms with van der Waals surface area (Å²) in [4.78, 5) is 12.1. The minimum absolute atomic E-state index is 0.104. The van der Waals surface area contributed by atoms with Crippen LogP contribution in [0.1, 0.15) is 23.2 Å². The van der Waals surface area contributed by atoms with Crippen molar-refractivity contribution in [2.24, 2.45) is 5.92 Å². The van der Waals surface area contributed by atoms with Gasteiger partial charge < -0.3 is 5.32 Å². The van der Waals surface area contributed by atoms with Gasteiger partial charge in [-0.1, -0.05) is 12.1 Å². The van der Waals surface area contributed by atoms with Crippen molar-refractivity contribution in [1.82, 2.24) is 9.62 Å². The van der Waals surface area contributed by atoms with E-state index in [1.807, 2.05) is 18.2 Å². The molecule has 0 radical (unpaired) electrons. The molecule has 0 bridgehead atoms. The van der Waals surface area contributed by atoms with E-state index in [1.54, 1.807) is 6.07 Å². The predicted octanol–water partition coefficient (Wildman–Crippen LogP) is 1.85. The van der Waals surface area contributed by atoms with Crippen LogP contribution in [-0.2, 0) is 10.0 Å². The molecule has 2 rings (SSSR count). The maximum atomic E-state index is 12.1. The first kappa shape index (κ1) is 16.5. The van der Waals surface area contributed by atoms with Crippen LogP contribution in [0, 0.1) is 5.92 Å². The third kappa shape index (κ3) is 4.52. The number of benzene rings is 1. The molecule has 1 saturated heterocycles. The van der Waals surface area contributed by atoms with Gasteiger partial charge in [0.2, 0.25) is 10.0 Å². The number of hydrogen-bond donors (Lipinski definition) is 1. The van der Waals surface area contributed by atoms with Crippen molar-refractivity contribution in [1.29, 1.82) is 0 Å². The van der Waals surface area contributed by atoms with Gasteiger partial charge in [-0.3, -0.25) is 4.79 Å². The minimum Gasteiger partial charge on any atom is -0.352 e. The smallest absolute Gasteiger partial charge is 0.252 e. The van der Waals surface area contributed by atoms with Crippen LogP contribution in [0.2, 0.25) is 0 Å². The Kier molecular flexibility index (Phi) is 5.40. The van der Waals surface area contributed by atoms with Crippen LogP contribution in [0.5, 0.6) is 0 Å². The maximum Gasteiger partial charge on any atom is 0.252 e. The van der Waals surface area contributed by atoms with Gasteiger partial charge in [-0.25, -0.2) is 12.7 Å². The average Bonchev–Trinajstić information content (AvgIpc) is 2.45. The molecule has 0 aliphatic carbocycles. The Morgan fingerprint density at radius 3 is 2.52 bits per heavy atom. The molecule has 5 nitrogen and oxygen atoms in total. The molecule has 1 N–H and O–H groups in total. The molecular formula is C14H19BrN2O3S. The van der Waals surface area contributed by atoms with Gasteiger partial charge in [0.15, 0.2) is 0 Å². The summed E-state index contributed by atoms with van der Waals surface area (Å²) in [6.07, 6.45) is 2.80. The van der Waals surface area contributed by atoms with Gasteiger partial charge in [0.25, 0.3) is 5.91 Å². The topological polar surface area (TPSA) is 66.5 Å². The van der Waals surface area contributed by atoms with Gasteiger partial charge in [-0.15, -0.1) is 0 Å². The number of sulfonamides is 1. The van der Waals surface area contributed by atoms with E-state index in [0.717, 1.165) is 17.3 Å². The zero-order valence-corrected chi connectivity index (χ0v) is 14.3. The molecule has 1 aromatic carbocycles. The Hall–Kier alpha value is -0.920. The quantitative estimate of drug-likeness (QED) is 0.874. The molecule has 0 saturated carbocycles. The van der Waals surface area contributed by atoms with Crippen molar-refractivity contribution < 1.29 is 13.2 Å². The Labute approximate surface area is 133 Å². The fourth-order valence-corrected chi connectivity index (χ4v) is 3.76. The number of nitrogens with zero attached hydrogens (tertiary/aromatic N) is 1. The maximum absolute atomic E-state index is 12.1. The summed E-state index contributed by atoms with van der Waals surface area (Å²) in [6, 6.07) is 7.29. The summed E-state index contributed by atoms with van der Waals surface area (Å²) in [7, 11) is -3.09. The lowest BCUT2D eigenvalue weighted by Gasteiger charge is -2.30. The van der Waals surface area contributed by atoms with E-state index in [9.17, 15) is 13.2 Å². The Morgan fingerprint density at radius 2 is 1.95 bits per heavy atom. The van der Waals surface area contributed by atoms with E-state index in [0.29, 0.717) is 31.1 Å². The number of piperidine rings is 1. The number of amides is 1. The van der Waals surface area contributed by atoms with Crippen LogP contribution in [0.15, 0.2) is 28.7 Å². The number of nitrogens with one attached hydrogen (secondary N) is 1. The van der Waals surface area contributed by atoms with E-state index in [-0.39, 0.29) is 5.91 Å². The van der Waals surface area contributed by atoms with Gasteiger partial charge in [0.05, 0.1) is 11.8 Å². The van der Waals surface area contributed by atoms with Gasteiger partial charge in [0, 0.05) is 24.1 Å². The number of carbonyl (C=O) groups excluding carboxylic acids is 1. The lowest BCUT2D eigenvalue weighted by Crippen LogP contribution is -2.41. The predicted molar refractivity (Wildman–Crippen MR) is 85.6 cm³/mol. The van der Waals surface area contributed by atoms with Crippen LogP contribution >= 0.6 is 15.9 Å². The first-order valence-electron chi connectivity index (χ1n) is 6.86. The highest BCUT2D eigenvalue weighted by Crippen LogP contribution is 2.19. The second-order valence-corrected chi connectivity index (χ2v) is 8.13. The van der Waals surface area contributed by atoms with Crippen LogP contribution in [0.3, 0.4) is 0 Å². The molecule has 116 valence electrons. The standard InChI is InChI=1S/C14H19BrN2O3S/c1-21(19,20)17-8-6-11(7-9-17)10-16-14(18)12-4-2-3-5-13(12)15/h2-5,11H,6-10H2,1H3,(H,16,18). The van der Waals surface area contributed by atoms with Gasteiger partial charge in [-0.05, 0) is 46.8 Å². The number of rotatable bonds is 4. The van der Waals surface area contributed by atoms with E-state index in [1.165, 1.54) is 10.6 Å².